The van der Waals surface area contributed by atoms with Gasteiger partial charge in [0.25, 0.3) is 5.91 Å². The maximum atomic E-state index is 13.3. The number of rotatable bonds is 5. The SMILES string of the molecule is O=C(CCC(F)(F)F)N[C@@H]1CN(C(=O)c2cccn3cncc23)CC[C@H]1c1cccc(Cl)c1. The van der Waals surface area contributed by atoms with E-state index in [1.54, 1.807) is 58.4 Å². The van der Waals surface area contributed by atoms with Crippen molar-refractivity contribution in [3.05, 3.63) is 71.3 Å². The molecule has 1 N–H and O–H groups in total. The minimum atomic E-state index is -4.41. The fraction of sp³-hybridized carbons (Fsp3) is 0.348. The zero-order valence-corrected chi connectivity index (χ0v) is 18.3. The number of carbonyl (C=O) groups excluding carboxylic acids is 2. The Balaban J connectivity index is 1.56. The van der Waals surface area contributed by atoms with Gasteiger partial charge in [0.1, 0.15) is 0 Å². The fourth-order valence-corrected chi connectivity index (χ4v) is 4.45. The number of aromatic nitrogens is 2. The summed E-state index contributed by atoms with van der Waals surface area (Å²) in [5.74, 6) is -1.11. The molecule has 1 aliphatic heterocycles. The molecule has 0 spiro atoms. The molecule has 1 aliphatic rings. The molecular weight excluding hydrogens is 457 g/mol. The largest absolute Gasteiger partial charge is 0.389 e. The van der Waals surface area contributed by atoms with Gasteiger partial charge >= 0.3 is 6.18 Å². The Morgan fingerprint density at radius 2 is 2.03 bits per heavy atom. The van der Waals surface area contributed by atoms with Gasteiger partial charge in [0.2, 0.25) is 5.91 Å². The molecule has 6 nitrogen and oxygen atoms in total. The highest BCUT2D eigenvalue weighted by molar-refractivity contribution is 6.30. The fourth-order valence-electron chi connectivity index (χ4n) is 4.25. The molecule has 0 bridgehead atoms. The van der Waals surface area contributed by atoms with Crippen LogP contribution in [0.25, 0.3) is 5.52 Å². The molecule has 0 saturated carbocycles. The number of likely N-dealkylation sites (tertiary alicyclic amines) is 1. The molecule has 3 aromatic rings. The molecule has 0 radical (unpaired) electrons. The molecule has 0 unspecified atom stereocenters. The number of hydrogen-bond donors (Lipinski definition) is 1. The van der Waals surface area contributed by atoms with E-state index in [-0.39, 0.29) is 18.4 Å². The molecule has 4 rings (SSSR count). The normalized spacial score (nSPS) is 19.0. The lowest BCUT2D eigenvalue weighted by molar-refractivity contribution is -0.144. The summed E-state index contributed by atoms with van der Waals surface area (Å²) in [5.41, 5.74) is 2.00. The molecule has 2 atom stereocenters. The molecular formula is C23H22ClF3N4O2. The van der Waals surface area contributed by atoms with Crippen LogP contribution in [-0.2, 0) is 4.79 Å². The van der Waals surface area contributed by atoms with E-state index >= 15 is 0 Å². The Bertz CT molecular complexity index is 1160. The van der Waals surface area contributed by atoms with Crippen molar-refractivity contribution in [2.75, 3.05) is 13.1 Å². The summed E-state index contributed by atoms with van der Waals surface area (Å²) in [6, 6.07) is 10.1. The molecule has 1 saturated heterocycles. The van der Waals surface area contributed by atoms with E-state index in [1.807, 2.05) is 6.07 Å². The summed E-state index contributed by atoms with van der Waals surface area (Å²) in [6.07, 6.45) is -0.761. The van der Waals surface area contributed by atoms with Gasteiger partial charge in [-0.05, 0) is 36.2 Å². The van der Waals surface area contributed by atoms with Crippen molar-refractivity contribution < 1.29 is 22.8 Å². The predicted octanol–water partition coefficient (Wildman–Crippen LogP) is 4.44. The quantitative estimate of drug-likeness (QED) is 0.589. The van der Waals surface area contributed by atoms with Gasteiger partial charge in [0.15, 0.2) is 0 Å². The van der Waals surface area contributed by atoms with Crippen molar-refractivity contribution >= 4 is 28.9 Å². The summed E-state index contributed by atoms with van der Waals surface area (Å²) in [6.45, 7) is 0.600. The predicted molar refractivity (Wildman–Crippen MR) is 117 cm³/mol. The van der Waals surface area contributed by atoms with Gasteiger partial charge in [-0.15, -0.1) is 0 Å². The van der Waals surface area contributed by atoms with Crippen LogP contribution >= 0.6 is 11.6 Å². The number of carbonyl (C=O) groups is 2. The number of imidazole rings is 1. The number of piperidine rings is 1. The van der Waals surface area contributed by atoms with Crippen molar-refractivity contribution in [1.29, 1.82) is 0 Å². The summed E-state index contributed by atoms with van der Waals surface area (Å²) in [5, 5.41) is 3.26. The lowest BCUT2D eigenvalue weighted by Crippen LogP contribution is -2.53. The highest BCUT2D eigenvalue weighted by Crippen LogP contribution is 2.31. The van der Waals surface area contributed by atoms with E-state index in [0.717, 1.165) is 5.56 Å². The molecule has 10 heteroatoms. The van der Waals surface area contributed by atoms with Crippen molar-refractivity contribution in [2.24, 2.45) is 0 Å². The minimum absolute atomic E-state index is 0.170. The maximum absolute atomic E-state index is 13.3. The maximum Gasteiger partial charge on any atom is 0.389 e. The Labute approximate surface area is 193 Å². The van der Waals surface area contributed by atoms with Crippen LogP contribution in [0.3, 0.4) is 0 Å². The third-order valence-corrected chi connectivity index (χ3v) is 6.08. The zero-order chi connectivity index (χ0) is 23.6. The number of nitrogens with one attached hydrogen (secondary N) is 1. The summed E-state index contributed by atoms with van der Waals surface area (Å²) in [4.78, 5) is 31.3. The van der Waals surface area contributed by atoms with Gasteiger partial charge in [-0.3, -0.25) is 9.59 Å². The average molecular weight is 479 g/mol. The first-order valence-corrected chi connectivity index (χ1v) is 10.9. The summed E-state index contributed by atoms with van der Waals surface area (Å²) >= 11 is 6.14. The van der Waals surface area contributed by atoms with Gasteiger partial charge in [-0.1, -0.05) is 23.7 Å². The van der Waals surface area contributed by atoms with Crippen LogP contribution < -0.4 is 5.32 Å². The number of fused-ring (bicyclic) bond motifs is 1. The van der Waals surface area contributed by atoms with Crippen LogP contribution in [0.4, 0.5) is 13.2 Å². The Kier molecular flexibility index (Phi) is 6.60. The van der Waals surface area contributed by atoms with E-state index in [1.165, 1.54) is 0 Å². The number of alkyl halides is 3. The molecule has 1 aromatic carbocycles. The summed E-state index contributed by atoms with van der Waals surface area (Å²) in [7, 11) is 0. The molecule has 0 aliphatic carbocycles. The third kappa shape index (κ3) is 5.47. The number of nitrogens with zero attached hydrogens (tertiary/aromatic N) is 3. The standard InChI is InChI=1S/C23H22ClF3N4O2/c24-16-4-1-3-15(11-16)17-7-10-30(13-19(17)29-21(32)6-8-23(25,26)27)22(33)18-5-2-9-31-14-28-12-20(18)31/h1-5,9,11-12,14,17,19H,6-8,10,13H2,(H,29,32)/t17-,19+/m0/s1. The number of amides is 2. The van der Waals surface area contributed by atoms with E-state index < -0.39 is 31.0 Å². The monoisotopic (exact) mass is 478 g/mol. The molecule has 174 valence electrons. The van der Waals surface area contributed by atoms with Gasteiger partial charge in [0.05, 0.1) is 36.1 Å². The lowest BCUT2D eigenvalue weighted by atomic mass is 9.85. The van der Waals surface area contributed by atoms with Crippen molar-refractivity contribution in [3.8, 4) is 0 Å². The first-order valence-electron chi connectivity index (χ1n) is 10.5. The van der Waals surface area contributed by atoms with Crippen molar-refractivity contribution in [2.45, 2.75) is 37.4 Å². The number of pyridine rings is 1. The third-order valence-electron chi connectivity index (χ3n) is 5.84. The number of halogens is 4. The van der Waals surface area contributed by atoms with E-state index in [0.29, 0.717) is 29.1 Å². The van der Waals surface area contributed by atoms with Gasteiger partial charge in [-0.2, -0.15) is 13.2 Å². The second-order valence-electron chi connectivity index (χ2n) is 8.10. The first-order chi connectivity index (χ1) is 15.7. The Hall–Kier alpha value is -3.07. The molecule has 2 aromatic heterocycles. The first kappa shape index (κ1) is 23.1. The molecule has 33 heavy (non-hydrogen) atoms. The van der Waals surface area contributed by atoms with E-state index in [2.05, 4.69) is 10.3 Å². The summed E-state index contributed by atoms with van der Waals surface area (Å²) < 4.78 is 39.5. The van der Waals surface area contributed by atoms with Crippen LogP contribution in [0.5, 0.6) is 0 Å². The van der Waals surface area contributed by atoms with Crippen LogP contribution in [-0.4, -0.2) is 51.4 Å². The Morgan fingerprint density at radius 3 is 2.79 bits per heavy atom. The van der Waals surface area contributed by atoms with Gasteiger partial charge in [0, 0.05) is 36.6 Å². The molecule has 2 amide bonds. The van der Waals surface area contributed by atoms with Crippen LogP contribution in [0.15, 0.2) is 55.1 Å². The highest BCUT2D eigenvalue weighted by atomic mass is 35.5. The molecule has 3 heterocycles. The van der Waals surface area contributed by atoms with Crippen LogP contribution in [0, 0.1) is 0 Å². The van der Waals surface area contributed by atoms with Gasteiger partial charge < -0.3 is 14.6 Å². The van der Waals surface area contributed by atoms with E-state index in [9.17, 15) is 22.8 Å². The van der Waals surface area contributed by atoms with Crippen molar-refractivity contribution in [3.63, 3.8) is 0 Å². The smallest absolute Gasteiger partial charge is 0.351 e. The van der Waals surface area contributed by atoms with Crippen molar-refractivity contribution in [1.82, 2.24) is 19.6 Å². The topological polar surface area (TPSA) is 66.7 Å². The number of hydrogen-bond acceptors (Lipinski definition) is 3. The number of benzene rings is 1. The lowest BCUT2D eigenvalue weighted by Gasteiger charge is -2.39. The second kappa shape index (κ2) is 9.43. The Morgan fingerprint density at radius 1 is 1.21 bits per heavy atom. The second-order valence-corrected chi connectivity index (χ2v) is 8.53. The zero-order valence-electron chi connectivity index (χ0n) is 17.6. The van der Waals surface area contributed by atoms with Crippen LogP contribution in [0.1, 0.15) is 41.1 Å². The average Bonchev–Trinajstić information content (AvgIpc) is 3.26. The molecule has 1 fully saturated rings. The van der Waals surface area contributed by atoms with Crippen LogP contribution in [0.2, 0.25) is 5.02 Å². The minimum Gasteiger partial charge on any atom is -0.351 e. The van der Waals surface area contributed by atoms with E-state index in [4.69, 9.17) is 11.6 Å². The highest BCUT2D eigenvalue weighted by Gasteiger charge is 2.35. The van der Waals surface area contributed by atoms with Gasteiger partial charge in [-0.25, -0.2) is 4.98 Å².